The summed E-state index contributed by atoms with van der Waals surface area (Å²) in [6.07, 6.45) is 5.68. The van der Waals surface area contributed by atoms with Gasteiger partial charge in [-0.1, -0.05) is 6.92 Å². The molecule has 134 valence electrons. The van der Waals surface area contributed by atoms with Gasteiger partial charge in [0.2, 0.25) is 0 Å². The van der Waals surface area contributed by atoms with Crippen molar-refractivity contribution in [3.63, 3.8) is 0 Å². The molecule has 1 saturated carbocycles. The molecule has 0 spiro atoms. The molecule has 0 unspecified atom stereocenters. The molecule has 1 aliphatic carbocycles. The van der Waals surface area contributed by atoms with Crippen LogP contribution in [0.2, 0.25) is 0 Å². The fourth-order valence-corrected chi connectivity index (χ4v) is 3.76. The van der Waals surface area contributed by atoms with Crippen molar-refractivity contribution in [2.45, 2.75) is 51.7 Å². The van der Waals surface area contributed by atoms with E-state index in [1.165, 1.54) is 0 Å². The summed E-state index contributed by atoms with van der Waals surface area (Å²) in [7, 11) is 0. The highest BCUT2D eigenvalue weighted by atomic mass is 19.2. The van der Waals surface area contributed by atoms with Gasteiger partial charge in [-0.15, -0.1) is 0 Å². The number of hydrogen-bond donors (Lipinski definition) is 0. The standard InChI is InChI=1S/C19H25F3O2/c1-12-10-23-19(24-11-12)15-6-4-13(5-7-15)2-3-14-8-16(20)18(22)17(21)9-14/h8-9,12-13,15,19H,2-7,10-11H2,1H3. The van der Waals surface area contributed by atoms with Crippen LogP contribution in [-0.2, 0) is 15.9 Å². The Bertz CT molecular complexity index is 525. The van der Waals surface area contributed by atoms with Crippen LogP contribution in [0.4, 0.5) is 13.2 Å². The van der Waals surface area contributed by atoms with Gasteiger partial charge in [0.05, 0.1) is 13.2 Å². The summed E-state index contributed by atoms with van der Waals surface area (Å²) in [6.45, 7) is 3.66. The lowest BCUT2D eigenvalue weighted by atomic mass is 9.79. The van der Waals surface area contributed by atoms with Gasteiger partial charge in [0, 0.05) is 11.8 Å². The summed E-state index contributed by atoms with van der Waals surface area (Å²) in [5.41, 5.74) is 0.529. The van der Waals surface area contributed by atoms with E-state index in [2.05, 4.69) is 6.92 Å². The first kappa shape index (κ1) is 17.7. The third kappa shape index (κ3) is 4.31. The van der Waals surface area contributed by atoms with Crippen LogP contribution in [0.5, 0.6) is 0 Å². The zero-order valence-corrected chi connectivity index (χ0v) is 14.1. The van der Waals surface area contributed by atoms with Gasteiger partial charge in [-0.05, 0) is 62.1 Å². The van der Waals surface area contributed by atoms with E-state index in [0.717, 1.165) is 57.5 Å². The molecule has 1 heterocycles. The summed E-state index contributed by atoms with van der Waals surface area (Å²) in [5, 5.41) is 0. The molecule has 0 atom stereocenters. The van der Waals surface area contributed by atoms with Crippen LogP contribution in [0.25, 0.3) is 0 Å². The Morgan fingerprint density at radius 2 is 1.54 bits per heavy atom. The predicted octanol–water partition coefficient (Wildman–Crippen LogP) is 4.85. The first-order valence-corrected chi connectivity index (χ1v) is 8.89. The minimum Gasteiger partial charge on any atom is -0.352 e. The van der Waals surface area contributed by atoms with Crippen LogP contribution in [0.1, 0.15) is 44.6 Å². The molecule has 5 heteroatoms. The van der Waals surface area contributed by atoms with Crippen molar-refractivity contribution >= 4 is 0 Å². The lowest BCUT2D eigenvalue weighted by molar-refractivity contribution is -0.226. The molecule has 0 N–H and O–H groups in total. The van der Waals surface area contributed by atoms with Crippen LogP contribution >= 0.6 is 0 Å². The van der Waals surface area contributed by atoms with Crippen molar-refractivity contribution in [1.82, 2.24) is 0 Å². The molecule has 3 rings (SSSR count). The zero-order chi connectivity index (χ0) is 17.1. The van der Waals surface area contributed by atoms with Gasteiger partial charge in [0.15, 0.2) is 23.7 Å². The monoisotopic (exact) mass is 342 g/mol. The lowest BCUT2D eigenvalue weighted by Crippen LogP contribution is -2.37. The van der Waals surface area contributed by atoms with Gasteiger partial charge in [0.25, 0.3) is 0 Å². The summed E-state index contributed by atoms with van der Waals surface area (Å²) in [5.74, 6) is -2.13. The summed E-state index contributed by atoms with van der Waals surface area (Å²) < 4.78 is 51.1. The van der Waals surface area contributed by atoms with Crippen molar-refractivity contribution in [2.75, 3.05) is 13.2 Å². The molecule has 2 fully saturated rings. The minimum absolute atomic E-state index is 0.0672. The number of halogens is 3. The Labute approximate surface area is 141 Å². The molecule has 2 aliphatic rings. The minimum atomic E-state index is -1.39. The highest BCUT2D eigenvalue weighted by molar-refractivity contribution is 5.19. The maximum absolute atomic E-state index is 13.2. The maximum atomic E-state index is 13.2. The number of rotatable bonds is 4. The van der Waals surface area contributed by atoms with Gasteiger partial charge >= 0.3 is 0 Å². The van der Waals surface area contributed by atoms with Crippen LogP contribution in [0, 0.1) is 35.2 Å². The van der Waals surface area contributed by atoms with Gasteiger partial charge < -0.3 is 9.47 Å². The van der Waals surface area contributed by atoms with E-state index in [-0.39, 0.29) is 6.29 Å². The Morgan fingerprint density at radius 1 is 0.958 bits per heavy atom. The van der Waals surface area contributed by atoms with E-state index >= 15 is 0 Å². The quantitative estimate of drug-likeness (QED) is 0.728. The summed E-state index contributed by atoms with van der Waals surface area (Å²) in [4.78, 5) is 0. The Balaban J connectivity index is 1.44. The van der Waals surface area contributed by atoms with Gasteiger partial charge in [-0.3, -0.25) is 0 Å². The van der Waals surface area contributed by atoms with Gasteiger partial charge in [0.1, 0.15) is 0 Å². The third-order valence-corrected chi connectivity index (χ3v) is 5.25. The van der Waals surface area contributed by atoms with Gasteiger partial charge in [-0.25, -0.2) is 13.2 Å². The Morgan fingerprint density at radius 3 is 2.12 bits per heavy atom. The second-order valence-corrected chi connectivity index (χ2v) is 7.33. The fraction of sp³-hybridized carbons (Fsp3) is 0.684. The molecule has 0 radical (unpaired) electrons. The second-order valence-electron chi connectivity index (χ2n) is 7.33. The van der Waals surface area contributed by atoms with Crippen LogP contribution < -0.4 is 0 Å². The van der Waals surface area contributed by atoms with E-state index in [1.807, 2.05) is 0 Å². The number of ether oxygens (including phenoxy) is 2. The molecule has 2 nitrogen and oxygen atoms in total. The van der Waals surface area contributed by atoms with E-state index in [4.69, 9.17) is 9.47 Å². The Kier molecular flexibility index (Phi) is 5.82. The van der Waals surface area contributed by atoms with E-state index in [9.17, 15) is 13.2 Å². The van der Waals surface area contributed by atoms with Gasteiger partial charge in [-0.2, -0.15) is 0 Å². The van der Waals surface area contributed by atoms with Crippen molar-refractivity contribution in [3.05, 3.63) is 35.1 Å². The first-order chi connectivity index (χ1) is 11.5. The highest BCUT2D eigenvalue weighted by Crippen LogP contribution is 2.35. The molecule has 0 bridgehead atoms. The van der Waals surface area contributed by atoms with Crippen molar-refractivity contribution in [2.24, 2.45) is 17.8 Å². The summed E-state index contributed by atoms with van der Waals surface area (Å²) in [6, 6.07) is 2.21. The van der Waals surface area contributed by atoms with Crippen molar-refractivity contribution < 1.29 is 22.6 Å². The van der Waals surface area contributed by atoms with E-state index < -0.39 is 17.5 Å². The topological polar surface area (TPSA) is 18.5 Å². The zero-order valence-electron chi connectivity index (χ0n) is 14.1. The number of benzene rings is 1. The normalized spacial score (nSPS) is 31.2. The second kappa shape index (κ2) is 7.87. The average Bonchev–Trinajstić information content (AvgIpc) is 2.59. The van der Waals surface area contributed by atoms with Crippen molar-refractivity contribution in [1.29, 1.82) is 0 Å². The summed E-state index contributed by atoms with van der Waals surface area (Å²) >= 11 is 0. The van der Waals surface area contributed by atoms with Crippen molar-refractivity contribution in [3.8, 4) is 0 Å². The largest absolute Gasteiger partial charge is 0.352 e. The molecular formula is C19H25F3O2. The van der Waals surface area contributed by atoms with Crippen LogP contribution in [-0.4, -0.2) is 19.5 Å². The predicted molar refractivity (Wildman–Crippen MR) is 84.9 cm³/mol. The molecule has 1 aromatic rings. The first-order valence-electron chi connectivity index (χ1n) is 8.89. The SMILES string of the molecule is CC1COC(C2CCC(CCc3cc(F)c(F)c(F)c3)CC2)OC1. The number of hydrogen-bond acceptors (Lipinski definition) is 2. The highest BCUT2D eigenvalue weighted by Gasteiger charge is 2.31. The molecule has 1 aromatic carbocycles. The molecule has 0 aromatic heterocycles. The average molecular weight is 342 g/mol. The van der Waals surface area contributed by atoms with Crippen LogP contribution in [0.15, 0.2) is 12.1 Å². The molecule has 0 amide bonds. The smallest absolute Gasteiger partial charge is 0.194 e. The third-order valence-electron chi connectivity index (χ3n) is 5.25. The van der Waals surface area contributed by atoms with E-state index in [0.29, 0.717) is 29.7 Å². The lowest BCUT2D eigenvalue weighted by Gasteiger charge is -2.37. The maximum Gasteiger partial charge on any atom is 0.194 e. The molecule has 1 aliphatic heterocycles. The molecular weight excluding hydrogens is 317 g/mol. The fourth-order valence-electron chi connectivity index (χ4n) is 3.76. The number of aryl methyl sites for hydroxylation is 1. The van der Waals surface area contributed by atoms with E-state index in [1.54, 1.807) is 0 Å². The van der Waals surface area contributed by atoms with Crippen LogP contribution in [0.3, 0.4) is 0 Å². The molecule has 1 saturated heterocycles. The molecule has 24 heavy (non-hydrogen) atoms. The Hall–Kier alpha value is -1.07.